The van der Waals surface area contributed by atoms with Gasteiger partial charge < -0.3 is 15.6 Å². The van der Waals surface area contributed by atoms with E-state index in [1.807, 2.05) is 13.8 Å². The first-order valence-corrected chi connectivity index (χ1v) is 4.95. The third kappa shape index (κ3) is 2.53. The van der Waals surface area contributed by atoms with Gasteiger partial charge in [0.1, 0.15) is 11.9 Å². The number of hydrogen-bond acceptors (Lipinski definition) is 4. The molecule has 4 heteroatoms. The van der Waals surface area contributed by atoms with Gasteiger partial charge in [0.15, 0.2) is 0 Å². The van der Waals surface area contributed by atoms with E-state index in [1.165, 1.54) is 6.92 Å². The lowest BCUT2D eigenvalue weighted by Gasteiger charge is -2.25. The van der Waals surface area contributed by atoms with Crippen molar-refractivity contribution in [3.8, 4) is 0 Å². The van der Waals surface area contributed by atoms with Crippen LogP contribution < -0.4 is 5.73 Å². The summed E-state index contributed by atoms with van der Waals surface area (Å²) in [5.41, 5.74) is 5.34. The van der Waals surface area contributed by atoms with Crippen LogP contribution in [-0.2, 0) is 9.53 Å². The zero-order chi connectivity index (χ0) is 10.9. The van der Waals surface area contributed by atoms with Gasteiger partial charge in [0.05, 0.1) is 17.7 Å². The maximum atomic E-state index is 11.0. The highest BCUT2D eigenvalue weighted by atomic mass is 16.5. The molecule has 1 fully saturated rings. The lowest BCUT2D eigenvalue weighted by atomic mass is 9.99. The topological polar surface area (TPSA) is 72.6 Å². The molecule has 0 saturated carbocycles. The summed E-state index contributed by atoms with van der Waals surface area (Å²) in [5, 5.41) is 9.75. The molecule has 1 saturated heterocycles. The molecule has 0 aliphatic carbocycles. The number of aliphatic hydroxyl groups excluding tert-OH is 1. The Bertz CT molecular complexity index is 227. The van der Waals surface area contributed by atoms with Crippen LogP contribution in [0.5, 0.6) is 0 Å². The average molecular weight is 201 g/mol. The van der Waals surface area contributed by atoms with Crippen LogP contribution in [0.25, 0.3) is 0 Å². The van der Waals surface area contributed by atoms with Gasteiger partial charge in [-0.1, -0.05) is 0 Å². The Labute approximate surface area is 84.4 Å². The average Bonchev–Trinajstić information content (AvgIpc) is 2.43. The van der Waals surface area contributed by atoms with Gasteiger partial charge in [-0.15, -0.1) is 0 Å². The van der Waals surface area contributed by atoms with Crippen molar-refractivity contribution in [3.63, 3.8) is 0 Å². The highest BCUT2D eigenvalue weighted by Gasteiger charge is 2.38. The van der Waals surface area contributed by atoms with Crippen LogP contribution in [0.4, 0.5) is 0 Å². The van der Waals surface area contributed by atoms with E-state index in [1.54, 1.807) is 0 Å². The van der Waals surface area contributed by atoms with Crippen molar-refractivity contribution in [3.05, 3.63) is 0 Å². The molecule has 1 aliphatic heterocycles. The molecule has 82 valence electrons. The fraction of sp³-hybridized carbons (Fsp3) is 0.900. The number of carbonyl (C=O) groups is 1. The second kappa shape index (κ2) is 3.96. The molecule has 0 aromatic carbocycles. The number of Topliss-reactive ketones (excluding diaryl/α,β-unsaturated/α-hetero) is 1. The lowest BCUT2D eigenvalue weighted by molar-refractivity contribution is -0.126. The summed E-state index contributed by atoms with van der Waals surface area (Å²) in [6, 6.07) is -0.825. The Morgan fingerprint density at radius 1 is 1.64 bits per heavy atom. The summed E-state index contributed by atoms with van der Waals surface area (Å²) in [6.45, 7) is 5.33. The number of nitrogens with two attached hydrogens (primary N) is 1. The summed E-state index contributed by atoms with van der Waals surface area (Å²) in [6.07, 6.45) is 0.465. The smallest absolute Gasteiger partial charge is 0.149 e. The van der Waals surface area contributed by atoms with Gasteiger partial charge in [0.2, 0.25) is 0 Å². The summed E-state index contributed by atoms with van der Waals surface area (Å²) in [4.78, 5) is 11.0. The Hall–Kier alpha value is -0.450. The molecule has 0 spiro atoms. The molecule has 3 N–H and O–H groups in total. The molecule has 3 atom stereocenters. The van der Waals surface area contributed by atoms with E-state index in [0.29, 0.717) is 0 Å². The number of carbonyl (C=O) groups excluding carboxylic acids is 1. The van der Waals surface area contributed by atoms with Crippen molar-refractivity contribution in [2.24, 2.45) is 5.73 Å². The Balaban J connectivity index is 2.55. The molecule has 0 aromatic rings. The quantitative estimate of drug-likeness (QED) is 0.685. The first kappa shape index (κ1) is 11.6. The van der Waals surface area contributed by atoms with E-state index in [0.717, 1.165) is 12.8 Å². The molecule has 4 nitrogen and oxygen atoms in total. The Morgan fingerprint density at radius 2 is 2.21 bits per heavy atom. The summed E-state index contributed by atoms with van der Waals surface area (Å²) in [7, 11) is 0. The van der Waals surface area contributed by atoms with Gasteiger partial charge in [-0.2, -0.15) is 0 Å². The summed E-state index contributed by atoms with van der Waals surface area (Å²) >= 11 is 0. The maximum absolute atomic E-state index is 11.0. The first-order valence-electron chi connectivity index (χ1n) is 4.95. The molecule has 0 radical (unpaired) electrons. The molecule has 14 heavy (non-hydrogen) atoms. The molecule has 0 amide bonds. The highest BCUT2D eigenvalue weighted by molar-refractivity contribution is 5.81. The van der Waals surface area contributed by atoms with E-state index in [4.69, 9.17) is 10.5 Å². The maximum Gasteiger partial charge on any atom is 0.149 e. The van der Waals surface area contributed by atoms with E-state index < -0.39 is 12.1 Å². The zero-order valence-corrected chi connectivity index (χ0v) is 8.99. The Kier molecular flexibility index (Phi) is 3.29. The van der Waals surface area contributed by atoms with Gasteiger partial charge in [-0.25, -0.2) is 0 Å². The van der Waals surface area contributed by atoms with Crippen LogP contribution in [-0.4, -0.2) is 34.7 Å². The third-order valence-corrected chi connectivity index (χ3v) is 2.72. The molecule has 1 unspecified atom stereocenters. The number of aliphatic hydroxyl groups is 1. The predicted octanol–water partition coefficient (Wildman–Crippen LogP) is 0.221. The van der Waals surface area contributed by atoms with Crippen LogP contribution in [0.15, 0.2) is 0 Å². The van der Waals surface area contributed by atoms with Gasteiger partial charge in [0.25, 0.3) is 0 Å². The van der Waals surface area contributed by atoms with Gasteiger partial charge in [-0.3, -0.25) is 4.79 Å². The lowest BCUT2D eigenvalue weighted by Crippen LogP contribution is -2.47. The monoisotopic (exact) mass is 201 g/mol. The minimum absolute atomic E-state index is 0.203. The predicted molar refractivity (Wildman–Crippen MR) is 52.8 cm³/mol. The largest absolute Gasteiger partial charge is 0.388 e. The molecule has 1 aliphatic rings. The highest BCUT2D eigenvalue weighted by Crippen LogP contribution is 2.31. The minimum atomic E-state index is -0.880. The number of ketones is 1. The van der Waals surface area contributed by atoms with E-state index in [-0.39, 0.29) is 17.5 Å². The second-order valence-corrected chi connectivity index (χ2v) is 4.58. The van der Waals surface area contributed by atoms with Crippen LogP contribution in [0.3, 0.4) is 0 Å². The van der Waals surface area contributed by atoms with Gasteiger partial charge in [0, 0.05) is 0 Å². The van der Waals surface area contributed by atoms with E-state index in [2.05, 4.69) is 0 Å². The molecular weight excluding hydrogens is 182 g/mol. The van der Waals surface area contributed by atoms with E-state index in [9.17, 15) is 9.90 Å². The minimum Gasteiger partial charge on any atom is -0.388 e. The third-order valence-electron chi connectivity index (χ3n) is 2.72. The zero-order valence-electron chi connectivity index (χ0n) is 8.99. The number of hydrogen-bond donors (Lipinski definition) is 2. The van der Waals surface area contributed by atoms with Crippen molar-refractivity contribution in [1.29, 1.82) is 0 Å². The van der Waals surface area contributed by atoms with Crippen molar-refractivity contribution < 1.29 is 14.6 Å². The summed E-state index contributed by atoms with van der Waals surface area (Å²) in [5.74, 6) is -0.203. The molecule has 0 aromatic heterocycles. The Morgan fingerprint density at radius 3 is 2.57 bits per heavy atom. The van der Waals surface area contributed by atoms with Crippen LogP contribution in [0.2, 0.25) is 0 Å². The van der Waals surface area contributed by atoms with Crippen molar-refractivity contribution in [1.82, 2.24) is 0 Å². The van der Waals surface area contributed by atoms with Crippen molar-refractivity contribution in [2.45, 2.75) is 57.5 Å². The first-order chi connectivity index (χ1) is 6.33. The number of ether oxygens (including phenoxy) is 1. The van der Waals surface area contributed by atoms with Crippen LogP contribution in [0, 0.1) is 0 Å². The molecule has 0 bridgehead atoms. The fourth-order valence-corrected chi connectivity index (χ4v) is 1.73. The molecule has 1 heterocycles. The van der Waals surface area contributed by atoms with Gasteiger partial charge in [-0.05, 0) is 33.6 Å². The van der Waals surface area contributed by atoms with Crippen molar-refractivity contribution >= 4 is 5.78 Å². The van der Waals surface area contributed by atoms with Gasteiger partial charge >= 0.3 is 0 Å². The van der Waals surface area contributed by atoms with Crippen LogP contribution >= 0.6 is 0 Å². The summed E-state index contributed by atoms with van der Waals surface area (Å²) < 4.78 is 5.60. The van der Waals surface area contributed by atoms with Crippen molar-refractivity contribution in [2.75, 3.05) is 0 Å². The molecule has 1 rings (SSSR count). The standard InChI is InChI=1S/C10H19NO3/c1-6(12)8(11)9(13)7-4-5-10(2,3)14-7/h7-9,13H,4-5,11H2,1-3H3/t7?,8-,9-/m1/s1. The normalized spacial score (nSPS) is 29.9. The fourth-order valence-electron chi connectivity index (χ4n) is 1.73. The second-order valence-electron chi connectivity index (χ2n) is 4.58. The molecular formula is C10H19NO3. The van der Waals surface area contributed by atoms with E-state index >= 15 is 0 Å². The SMILES string of the molecule is CC(=O)[C@@H](N)[C@H](O)C1CCC(C)(C)O1. The van der Waals surface area contributed by atoms with Crippen LogP contribution in [0.1, 0.15) is 33.6 Å². The number of rotatable bonds is 3.